The number of rotatable bonds is 6. The summed E-state index contributed by atoms with van der Waals surface area (Å²) in [6.07, 6.45) is 3.84. The third-order valence-corrected chi connectivity index (χ3v) is 4.57. The van der Waals surface area contributed by atoms with Crippen molar-refractivity contribution in [2.24, 2.45) is 5.92 Å². The lowest BCUT2D eigenvalue weighted by atomic mass is 10.1. The Bertz CT molecular complexity index is 641. The summed E-state index contributed by atoms with van der Waals surface area (Å²) in [5.74, 6) is 0.572. The van der Waals surface area contributed by atoms with Gasteiger partial charge in [0.15, 0.2) is 0 Å². The van der Waals surface area contributed by atoms with Crippen LogP contribution in [0.25, 0.3) is 0 Å². The highest BCUT2D eigenvalue weighted by Gasteiger charge is 2.22. The van der Waals surface area contributed by atoms with E-state index in [9.17, 15) is 4.79 Å². The van der Waals surface area contributed by atoms with Gasteiger partial charge < -0.3 is 10.3 Å². The Morgan fingerprint density at radius 2 is 2.17 bits per heavy atom. The van der Waals surface area contributed by atoms with E-state index >= 15 is 0 Å². The van der Waals surface area contributed by atoms with Crippen LogP contribution in [0.4, 0.5) is 0 Å². The zero-order valence-electron chi connectivity index (χ0n) is 13.1. The molecule has 5 heteroatoms. The number of benzene rings is 1. The van der Waals surface area contributed by atoms with E-state index in [0.29, 0.717) is 23.2 Å². The first kappa shape index (κ1) is 16.1. The van der Waals surface area contributed by atoms with Gasteiger partial charge in [0.1, 0.15) is 5.69 Å². The minimum Gasteiger partial charge on any atom is -0.356 e. The van der Waals surface area contributed by atoms with E-state index in [1.165, 1.54) is 12.0 Å². The molecular formula is C18H22ClN3O. The van der Waals surface area contributed by atoms with Crippen LogP contribution in [0.1, 0.15) is 28.9 Å². The number of aromatic amines is 1. The molecule has 2 N–H and O–H groups in total. The molecule has 2 aromatic rings. The molecule has 3 rings (SSSR count). The number of nitrogens with zero attached hydrogens (tertiary/aromatic N) is 1. The summed E-state index contributed by atoms with van der Waals surface area (Å²) in [6.45, 7) is 3.98. The third kappa shape index (κ3) is 4.60. The van der Waals surface area contributed by atoms with E-state index in [0.717, 1.165) is 26.1 Å². The maximum Gasteiger partial charge on any atom is 0.267 e. The number of halogens is 1. The van der Waals surface area contributed by atoms with E-state index in [-0.39, 0.29) is 5.91 Å². The van der Waals surface area contributed by atoms with Gasteiger partial charge in [-0.2, -0.15) is 0 Å². The van der Waals surface area contributed by atoms with Crippen molar-refractivity contribution in [3.8, 4) is 0 Å². The quantitative estimate of drug-likeness (QED) is 0.853. The van der Waals surface area contributed by atoms with E-state index in [4.69, 9.17) is 11.6 Å². The predicted molar refractivity (Wildman–Crippen MR) is 92.6 cm³/mol. The second-order valence-corrected chi connectivity index (χ2v) is 6.59. The zero-order valence-corrected chi connectivity index (χ0v) is 13.9. The summed E-state index contributed by atoms with van der Waals surface area (Å²) < 4.78 is 0. The Morgan fingerprint density at radius 3 is 2.91 bits per heavy atom. The van der Waals surface area contributed by atoms with E-state index < -0.39 is 0 Å². The highest BCUT2D eigenvalue weighted by atomic mass is 35.5. The minimum absolute atomic E-state index is 0.0870. The average molecular weight is 332 g/mol. The second kappa shape index (κ2) is 7.66. The average Bonchev–Trinajstić information content (AvgIpc) is 3.17. The number of nitrogens with one attached hydrogen (secondary N) is 2. The standard InChI is InChI=1S/C18H22ClN3O/c19-16-10-17(21-11-16)18(23)20-8-6-15-7-9-22(13-15)12-14-4-2-1-3-5-14/h1-5,10-11,15,21H,6-9,12-13H2,(H,20,23)/t15-/m0/s1. The van der Waals surface area contributed by atoms with Crippen LogP contribution in [0, 0.1) is 5.92 Å². The molecule has 23 heavy (non-hydrogen) atoms. The number of amides is 1. The van der Waals surface area contributed by atoms with Gasteiger partial charge in [-0.25, -0.2) is 0 Å². The monoisotopic (exact) mass is 331 g/mol. The Balaban J connectivity index is 1.38. The van der Waals surface area contributed by atoms with Gasteiger partial charge in [-0.3, -0.25) is 9.69 Å². The Hall–Kier alpha value is -1.78. The lowest BCUT2D eigenvalue weighted by molar-refractivity contribution is 0.0947. The molecule has 2 heterocycles. The molecule has 1 atom stereocenters. The van der Waals surface area contributed by atoms with Gasteiger partial charge in [0.2, 0.25) is 0 Å². The Morgan fingerprint density at radius 1 is 1.35 bits per heavy atom. The summed E-state index contributed by atoms with van der Waals surface area (Å²) in [7, 11) is 0. The van der Waals surface area contributed by atoms with Gasteiger partial charge >= 0.3 is 0 Å². The smallest absolute Gasteiger partial charge is 0.267 e. The van der Waals surface area contributed by atoms with Gasteiger partial charge in [-0.15, -0.1) is 0 Å². The predicted octanol–water partition coefficient (Wildman–Crippen LogP) is 3.31. The molecule has 122 valence electrons. The van der Waals surface area contributed by atoms with Gasteiger partial charge in [0.25, 0.3) is 5.91 Å². The fraction of sp³-hybridized carbons (Fsp3) is 0.389. The number of H-pyrrole nitrogens is 1. The summed E-state index contributed by atoms with van der Waals surface area (Å²) in [6, 6.07) is 12.2. The van der Waals surface area contributed by atoms with Crippen LogP contribution in [-0.2, 0) is 6.54 Å². The first-order valence-corrected chi connectivity index (χ1v) is 8.47. The van der Waals surface area contributed by atoms with Crippen LogP contribution in [-0.4, -0.2) is 35.4 Å². The van der Waals surface area contributed by atoms with Crippen molar-refractivity contribution in [1.82, 2.24) is 15.2 Å². The first-order chi connectivity index (χ1) is 11.2. The maximum absolute atomic E-state index is 11.9. The zero-order chi connectivity index (χ0) is 16.1. The van der Waals surface area contributed by atoms with Crippen molar-refractivity contribution < 1.29 is 4.79 Å². The van der Waals surface area contributed by atoms with Gasteiger partial charge in [0.05, 0.1) is 5.02 Å². The van der Waals surface area contributed by atoms with Crippen molar-refractivity contribution >= 4 is 17.5 Å². The summed E-state index contributed by atoms with van der Waals surface area (Å²) in [4.78, 5) is 17.3. The summed E-state index contributed by atoms with van der Waals surface area (Å²) in [5, 5.41) is 3.51. The number of carbonyl (C=O) groups is 1. The fourth-order valence-corrected chi connectivity index (χ4v) is 3.28. The van der Waals surface area contributed by atoms with Crippen molar-refractivity contribution in [1.29, 1.82) is 0 Å². The molecule has 1 aliphatic rings. The van der Waals surface area contributed by atoms with Crippen LogP contribution in [0.2, 0.25) is 5.02 Å². The van der Waals surface area contributed by atoms with E-state index in [1.807, 2.05) is 0 Å². The van der Waals surface area contributed by atoms with Crippen LogP contribution >= 0.6 is 11.6 Å². The molecule has 1 aliphatic heterocycles. The molecule has 1 aromatic heterocycles. The fourth-order valence-electron chi connectivity index (χ4n) is 3.12. The van der Waals surface area contributed by atoms with Crippen LogP contribution in [0.5, 0.6) is 0 Å². The number of likely N-dealkylation sites (tertiary alicyclic amines) is 1. The van der Waals surface area contributed by atoms with Crippen molar-refractivity contribution in [2.45, 2.75) is 19.4 Å². The molecule has 1 saturated heterocycles. The van der Waals surface area contributed by atoms with Crippen molar-refractivity contribution in [2.75, 3.05) is 19.6 Å². The topological polar surface area (TPSA) is 48.1 Å². The van der Waals surface area contributed by atoms with Crippen LogP contribution in [0.15, 0.2) is 42.6 Å². The van der Waals surface area contributed by atoms with Crippen molar-refractivity contribution in [3.05, 3.63) is 58.9 Å². The van der Waals surface area contributed by atoms with Crippen LogP contribution < -0.4 is 5.32 Å². The second-order valence-electron chi connectivity index (χ2n) is 6.15. The number of aromatic nitrogens is 1. The maximum atomic E-state index is 11.9. The molecular weight excluding hydrogens is 310 g/mol. The highest BCUT2D eigenvalue weighted by Crippen LogP contribution is 2.21. The molecule has 4 nitrogen and oxygen atoms in total. The van der Waals surface area contributed by atoms with E-state index in [2.05, 4.69) is 45.5 Å². The lowest BCUT2D eigenvalue weighted by Gasteiger charge is -2.16. The molecule has 0 spiro atoms. The number of carbonyl (C=O) groups excluding carboxylic acids is 1. The molecule has 1 aromatic carbocycles. The number of hydrogen-bond donors (Lipinski definition) is 2. The molecule has 0 unspecified atom stereocenters. The Kier molecular flexibility index (Phi) is 5.36. The van der Waals surface area contributed by atoms with Gasteiger partial charge in [-0.1, -0.05) is 41.9 Å². The van der Waals surface area contributed by atoms with Gasteiger partial charge in [0, 0.05) is 25.8 Å². The van der Waals surface area contributed by atoms with E-state index in [1.54, 1.807) is 12.3 Å². The van der Waals surface area contributed by atoms with Gasteiger partial charge in [-0.05, 0) is 36.9 Å². The molecule has 1 fully saturated rings. The molecule has 1 amide bonds. The molecule has 0 aliphatic carbocycles. The Labute approximate surface area is 141 Å². The summed E-state index contributed by atoms with van der Waals surface area (Å²) in [5.41, 5.74) is 1.89. The van der Waals surface area contributed by atoms with Crippen LogP contribution in [0.3, 0.4) is 0 Å². The molecule has 0 saturated carbocycles. The summed E-state index contributed by atoms with van der Waals surface area (Å²) >= 11 is 5.81. The third-order valence-electron chi connectivity index (χ3n) is 4.35. The molecule has 0 radical (unpaired) electrons. The molecule has 0 bridgehead atoms. The SMILES string of the molecule is O=C(NCC[C@H]1CCN(Cc2ccccc2)C1)c1cc(Cl)c[nH]1. The largest absolute Gasteiger partial charge is 0.356 e. The highest BCUT2D eigenvalue weighted by molar-refractivity contribution is 6.30. The number of hydrogen-bond acceptors (Lipinski definition) is 2. The lowest BCUT2D eigenvalue weighted by Crippen LogP contribution is -2.27. The normalized spacial score (nSPS) is 18.2. The van der Waals surface area contributed by atoms with Crippen molar-refractivity contribution in [3.63, 3.8) is 0 Å². The minimum atomic E-state index is -0.0870. The first-order valence-electron chi connectivity index (χ1n) is 8.09.